The number of para-hydroxylation sites is 2. The second-order valence-electron chi connectivity index (χ2n) is 4.14. The molecule has 0 N–H and O–H groups in total. The van der Waals surface area contributed by atoms with E-state index in [4.69, 9.17) is 0 Å². The smallest absolute Gasteiger partial charge is 0.603 e. The number of rotatable bonds is 2. The maximum Gasteiger partial charge on any atom is 0.603 e. The first-order valence-electron chi connectivity index (χ1n) is 5.90. The van der Waals surface area contributed by atoms with Crippen molar-refractivity contribution in [3.63, 3.8) is 0 Å². The highest BCUT2D eigenvalue weighted by molar-refractivity contribution is 5.92. The van der Waals surface area contributed by atoms with Crippen molar-refractivity contribution in [3.05, 3.63) is 70.8 Å². The molecule has 1 aliphatic heterocycles. The third-order valence-corrected chi connectivity index (χ3v) is 3.02. The van der Waals surface area contributed by atoms with Gasteiger partial charge in [-0.05, 0) is 0 Å². The molecule has 3 rings (SSSR count). The van der Waals surface area contributed by atoms with Crippen molar-refractivity contribution in [1.29, 1.82) is 0 Å². The Morgan fingerprint density at radius 3 is 1.81 bits per heavy atom. The van der Waals surface area contributed by atoms with Crippen LogP contribution in [0.15, 0.2) is 76.2 Å². The summed E-state index contributed by atoms with van der Waals surface area (Å²) < 4.78 is -0.464. The summed E-state index contributed by atoms with van der Waals surface area (Å²) in [5.74, 6) is -0.345. The fourth-order valence-electron chi connectivity index (χ4n) is 2.15. The normalized spacial score (nSPS) is 15.1. The van der Waals surface area contributed by atoms with Crippen LogP contribution in [0.3, 0.4) is 0 Å². The molecule has 2 aromatic rings. The van der Waals surface area contributed by atoms with Crippen molar-refractivity contribution in [2.24, 2.45) is 15.5 Å². The zero-order valence-electron chi connectivity index (χ0n) is 10.7. The van der Waals surface area contributed by atoms with Gasteiger partial charge in [0.2, 0.25) is 0 Å². The third kappa shape index (κ3) is 2.28. The molecule has 7 nitrogen and oxygen atoms in total. The maximum absolute atomic E-state index is 11.3. The highest BCUT2D eigenvalue weighted by atomic mass is 35.5. The number of guanidine groups is 1. The zero-order chi connectivity index (χ0) is 14.0. The van der Waals surface area contributed by atoms with Gasteiger partial charge in [0.1, 0.15) is 5.22 Å². The number of hydrogen-bond acceptors (Lipinski definition) is 5. The van der Waals surface area contributed by atoms with Crippen LogP contribution < -0.4 is 17.0 Å². The molecule has 1 heterocycles. The van der Waals surface area contributed by atoms with Crippen LogP contribution in [-0.2, 0) is 0 Å². The van der Waals surface area contributed by atoms with E-state index in [9.17, 15) is 10.1 Å². The van der Waals surface area contributed by atoms with Gasteiger partial charge in [-0.1, -0.05) is 36.4 Å². The van der Waals surface area contributed by atoms with Crippen molar-refractivity contribution in [2.45, 2.75) is 0 Å². The number of benzene rings is 2. The Morgan fingerprint density at radius 1 is 0.905 bits per heavy atom. The number of nitrogens with zero attached hydrogens (tertiary/aromatic N) is 5. The van der Waals surface area contributed by atoms with Gasteiger partial charge in [-0.3, -0.25) is 0 Å². The molecule has 0 fully saturated rings. The van der Waals surface area contributed by atoms with Gasteiger partial charge in [0.05, 0.1) is 5.22 Å². The fourth-order valence-corrected chi connectivity index (χ4v) is 2.15. The monoisotopic (exact) mass is 303 g/mol. The van der Waals surface area contributed by atoms with E-state index in [-0.39, 0.29) is 18.4 Å². The fraction of sp³-hybridized carbons (Fsp3) is 0. The van der Waals surface area contributed by atoms with Crippen molar-refractivity contribution in [3.8, 4) is 0 Å². The quantitative estimate of drug-likeness (QED) is 0.453. The topological polar surface area (TPSA) is 80.2 Å². The molecule has 0 saturated carbocycles. The Morgan fingerprint density at radius 2 is 1.38 bits per heavy atom. The van der Waals surface area contributed by atoms with Crippen LogP contribution in [0.1, 0.15) is 0 Å². The Labute approximate surface area is 126 Å². The van der Waals surface area contributed by atoms with Gasteiger partial charge in [-0.25, -0.2) is 0 Å². The Bertz CT molecular complexity index is 664. The van der Waals surface area contributed by atoms with Crippen molar-refractivity contribution < 1.29 is 17.3 Å². The molecule has 0 aromatic heterocycles. The molecular formula is C13H10ClN5O2. The molecule has 0 aliphatic carbocycles. The first kappa shape index (κ1) is 14.8. The number of hydrogen-bond donors (Lipinski definition) is 0. The number of nitro groups is 1. The van der Waals surface area contributed by atoms with E-state index < -0.39 is 9.52 Å². The Hall–Kier alpha value is -2.64. The van der Waals surface area contributed by atoms with Gasteiger partial charge in [-0.15, -0.1) is 0 Å². The van der Waals surface area contributed by atoms with Gasteiger partial charge in [-0.2, -0.15) is 0 Å². The van der Waals surface area contributed by atoms with E-state index in [0.29, 0.717) is 11.4 Å². The van der Waals surface area contributed by atoms with Crippen LogP contribution in [0.2, 0.25) is 0 Å². The molecule has 8 heteroatoms. The summed E-state index contributed by atoms with van der Waals surface area (Å²) in [5.41, 5.74) is 1.21. The molecule has 0 saturated heterocycles. The van der Waals surface area contributed by atoms with Gasteiger partial charge >= 0.3 is 5.96 Å². The summed E-state index contributed by atoms with van der Waals surface area (Å²) in [6, 6.07) is 17.9. The third-order valence-electron chi connectivity index (χ3n) is 3.02. The lowest BCUT2D eigenvalue weighted by atomic mass is 10.2. The van der Waals surface area contributed by atoms with Crippen LogP contribution >= 0.6 is 0 Å². The average molecular weight is 304 g/mol. The molecule has 106 valence electrons. The lowest BCUT2D eigenvalue weighted by Crippen LogP contribution is -3.00. The average Bonchev–Trinajstić information content (AvgIpc) is 2.95. The molecule has 0 atom stereocenters. The van der Waals surface area contributed by atoms with E-state index in [1.807, 2.05) is 12.1 Å². The van der Waals surface area contributed by atoms with Crippen LogP contribution in [0.4, 0.5) is 11.4 Å². The van der Waals surface area contributed by atoms with E-state index in [0.717, 1.165) is 0 Å². The van der Waals surface area contributed by atoms with Crippen LogP contribution in [0, 0.1) is 10.1 Å². The molecule has 2 aromatic carbocycles. The SMILES string of the molecule is O=[N+]([O-])C1=NN=N[N+]1(c1ccccc1)c1ccccc1.[Cl-]. The van der Waals surface area contributed by atoms with Gasteiger partial charge in [0.15, 0.2) is 16.5 Å². The first-order valence-corrected chi connectivity index (χ1v) is 5.90. The second kappa shape index (κ2) is 5.78. The Balaban J connectivity index is 0.00000161. The van der Waals surface area contributed by atoms with E-state index in [1.54, 1.807) is 48.5 Å². The predicted octanol–water partition coefficient (Wildman–Crippen LogP) is 0.258. The predicted molar refractivity (Wildman–Crippen MR) is 73.6 cm³/mol. The lowest BCUT2D eigenvalue weighted by Gasteiger charge is -2.20. The zero-order valence-corrected chi connectivity index (χ0v) is 11.5. The van der Waals surface area contributed by atoms with Crippen LogP contribution in [0.5, 0.6) is 0 Å². The largest absolute Gasteiger partial charge is 1.00 e. The van der Waals surface area contributed by atoms with E-state index in [1.165, 1.54) is 0 Å². The summed E-state index contributed by atoms with van der Waals surface area (Å²) >= 11 is 0. The summed E-state index contributed by atoms with van der Waals surface area (Å²) in [6.07, 6.45) is 0. The minimum atomic E-state index is -0.556. The molecule has 0 spiro atoms. The molecule has 21 heavy (non-hydrogen) atoms. The molecule has 0 amide bonds. The number of quaternary nitrogens is 1. The summed E-state index contributed by atoms with van der Waals surface area (Å²) in [4.78, 5) is 10.7. The summed E-state index contributed by atoms with van der Waals surface area (Å²) in [6.45, 7) is 0. The van der Waals surface area contributed by atoms with Gasteiger partial charge < -0.3 is 22.5 Å². The van der Waals surface area contributed by atoms with E-state index >= 15 is 0 Å². The summed E-state index contributed by atoms with van der Waals surface area (Å²) in [5, 5.41) is 22.5. The highest BCUT2D eigenvalue weighted by Gasteiger charge is 2.55. The van der Waals surface area contributed by atoms with Crippen LogP contribution in [-0.4, -0.2) is 10.9 Å². The van der Waals surface area contributed by atoms with Crippen molar-refractivity contribution in [2.75, 3.05) is 0 Å². The van der Waals surface area contributed by atoms with Gasteiger partial charge in [0.25, 0.3) is 0 Å². The molecular weight excluding hydrogens is 294 g/mol. The van der Waals surface area contributed by atoms with E-state index in [2.05, 4.69) is 15.5 Å². The first-order chi connectivity index (χ1) is 9.75. The number of halogens is 1. The highest BCUT2D eigenvalue weighted by Crippen LogP contribution is 2.38. The minimum absolute atomic E-state index is 0. The van der Waals surface area contributed by atoms with Gasteiger partial charge in [0, 0.05) is 33.8 Å². The summed E-state index contributed by atoms with van der Waals surface area (Å²) in [7, 11) is 0. The van der Waals surface area contributed by atoms with Crippen molar-refractivity contribution >= 4 is 17.3 Å². The van der Waals surface area contributed by atoms with Crippen LogP contribution in [0.25, 0.3) is 0 Å². The second-order valence-corrected chi connectivity index (χ2v) is 4.14. The minimum Gasteiger partial charge on any atom is -1.00 e. The molecule has 0 bridgehead atoms. The molecule has 0 unspecified atom stereocenters. The van der Waals surface area contributed by atoms with Crippen molar-refractivity contribution in [1.82, 2.24) is 4.59 Å². The molecule has 0 radical (unpaired) electrons. The standard InChI is InChI=1S/C13H10N5O2.ClH/c19-17(20)13-14-15-16-18(13,11-7-3-1-4-8-11)12-9-5-2-6-10-12;/h1-10H;1H/q+1;/p-1. The molecule has 1 aliphatic rings. The maximum atomic E-state index is 11.3. The lowest BCUT2D eigenvalue weighted by molar-refractivity contribution is -0.360. The Kier molecular flexibility index (Phi) is 4.06.